The number of aliphatic hydroxyl groups is 2. The number of carbonyl (C=O) groups excluding carboxylic acids is 2. The Labute approximate surface area is 474 Å². The van der Waals surface area contributed by atoms with E-state index in [0.29, 0.717) is 25.9 Å². The van der Waals surface area contributed by atoms with Crippen LogP contribution < -0.4 is 5.32 Å². The molecule has 0 radical (unpaired) electrons. The maximum atomic E-state index is 12.4. The van der Waals surface area contributed by atoms with E-state index in [9.17, 15) is 19.8 Å². The lowest BCUT2D eigenvalue weighted by Gasteiger charge is -2.22. The second-order valence-corrected chi connectivity index (χ2v) is 23.1. The summed E-state index contributed by atoms with van der Waals surface area (Å²) in [6, 6.07) is -0.537. The predicted octanol–water partition coefficient (Wildman–Crippen LogP) is 21.7. The van der Waals surface area contributed by atoms with E-state index in [0.717, 1.165) is 57.8 Å². The van der Waals surface area contributed by atoms with E-state index in [-0.39, 0.29) is 18.5 Å². The summed E-state index contributed by atoms with van der Waals surface area (Å²) < 4.78 is 5.47. The largest absolute Gasteiger partial charge is 0.466 e. The van der Waals surface area contributed by atoms with E-state index < -0.39 is 12.1 Å². The highest BCUT2D eigenvalue weighted by atomic mass is 16.5. The van der Waals surface area contributed by atoms with E-state index >= 15 is 0 Å². The molecule has 6 nitrogen and oxygen atoms in total. The van der Waals surface area contributed by atoms with E-state index in [1.165, 1.54) is 270 Å². The lowest BCUT2D eigenvalue weighted by Crippen LogP contribution is -2.45. The van der Waals surface area contributed by atoms with E-state index in [2.05, 4.69) is 67.8 Å². The minimum absolute atomic E-state index is 0.00309. The Morgan fingerprint density at radius 1 is 0.368 bits per heavy atom. The van der Waals surface area contributed by atoms with Crippen LogP contribution in [-0.2, 0) is 14.3 Å². The maximum Gasteiger partial charge on any atom is 0.305 e. The molecule has 0 bridgehead atoms. The van der Waals surface area contributed by atoms with Gasteiger partial charge in [0.25, 0.3) is 0 Å². The van der Waals surface area contributed by atoms with Gasteiger partial charge in [0, 0.05) is 12.8 Å². The van der Waals surface area contributed by atoms with Crippen LogP contribution in [0.1, 0.15) is 361 Å². The molecule has 0 aliphatic heterocycles. The van der Waals surface area contributed by atoms with Gasteiger partial charge in [-0.3, -0.25) is 9.59 Å². The molecule has 0 heterocycles. The number of hydrogen-bond donors (Lipinski definition) is 3. The summed E-state index contributed by atoms with van der Waals surface area (Å²) >= 11 is 0. The number of carbonyl (C=O) groups is 2. The standard InChI is InChI=1S/C70H131NO5/c1-3-5-7-9-11-13-14-40-44-48-52-56-60-64-70(75)76-65-61-57-53-49-45-42-39-37-35-33-31-29-27-25-23-21-19-17-15-16-18-20-22-24-26-28-30-32-34-36-38-41-43-47-51-55-59-63-69(74)71-67(66-72)68(73)62-58-54-50-46-12-10-8-6-4-2/h7,9,13-15,17,21,23,67-68,72-73H,3-6,8,10-12,16,18-20,22,24-66H2,1-2H3,(H,71,74)/b9-7-,14-13-,17-15-,23-21-. The van der Waals surface area contributed by atoms with Crippen LogP contribution in [0.15, 0.2) is 48.6 Å². The molecule has 0 rings (SSSR count). The number of amides is 1. The first kappa shape index (κ1) is 73.8. The zero-order valence-corrected chi connectivity index (χ0v) is 51.0. The quantitative estimate of drug-likeness (QED) is 0.0320. The number of esters is 1. The molecule has 0 aliphatic carbocycles. The van der Waals surface area contributed by atoms with Crippen molar-refractivity contribution in [3.8, 4) is 0 Å². The highest BCUT2D eigenvalue weighted by molar-refractivity contribution is 5.76. The summed E-state index contributed by atoms with van der Waals surface area (Å²) in [5, 5.41) is 23.1. The predicted molar refractivity (Wildman–Crippen MR) is 333 cm³/mol. The molecule has 0 aromatic carbocycles. The zero-order valence-electron chi connectivity index (χ0n) is 51.0. The van der Waals surface area contributed by atoms with Crippen molar-refractivity contribution in [2.24, 2.45) is 0 Å². The molecular weight excluding hydrogens is 935 g/mol. The molecule has 1 amide bonds. The van der Waals surface area contributed by atoms with Crippen LogP contribution in [0.2, 0.25) is 0 Å². The van der Waals surface area contributed by atoms with Gasteiger partial charge in [-0.25, -0.2) is 0 Å². The molecular formula is C70H131NO5. The average Bonchev–Trinajstić information content (AvgIpc) is 3.42. The first-order chi connectivity index (χ1) is 37.5. The third kappa shape index (κ3) is 61.0. The average molecular weight is 1070 g/mol. The van der Waals surface area contributed by atoms with Crippen LogP contribution in [0.5, 0.6) is 0 Å². The molecule has 76 heavy (non-hydrogen) atoms. The molecule has 0 aromatic heterocycles. The molecule has 3 N–H and O–H groups in total. The number of ether oxygens (including phenoxy) is 1. The summed E-state index contributed by atoms with van der Waals surface area (Å²) in [7, 11) is 0. The van der Waals surface area contributed by atoms with Gasteiger partial charge >= 0.3 is 5.97 Å². The van der Waals surface area contributed by atoms with Crippen molar-refractivity contribution >= 4 is 11.9 Å². The van der Waals surface area contributed by atoms with Crippen molar-refractivity contribution in [3.05, 3.63) is 48.6 Å². The van der Waals surface area contributed by atoms with Gasteiger partial charge in [0.15, 0.2) is 0 Å². The molecule has 2 unspecified atom stereocenters. The highest BCUT2D eigenvalue weighted by Crippen LogP contribution is 2.18. The van der Waals surface area contributed by atoms with Gasteiger partial charge < -0.3 is 20.3 Å². The van der Waals surface area contributed by atoms with Crippen molar-refractivity contribution in [2.45, 2.75) is 373 Å². The normalized spacial score (nSPS) is 12.8. The van der Waals surface area contributed by atoms with Crippen molar-refractivity contribution in [2.75, 3.05) is 13.2 Å². The first-order valence-electron chi connectivity index (χ1n) is 33.9. The monoisotopic (exact) mass is 1070 g/mol. The van der Waals surface area contributed by atoms with Crippen LogP contribution in [0, 0.1) is 0 Å². The van der Waals surface area contributed by atoms with E-state index in [4.69, 9.17) is 4.74 Å². The summed E-state index contributed by atoms with van der Waals surface area (Å²) in [5.41, 5.74) is 0. The number of allylic oxidation sites excluding steroid dienone is 8. The SMILES string of the molecule is CCC/C=C\C/C=C\CCCCCCCC(=O)OCCCCCCCCCCCCCCC/C=C\C/C=C\CCCCCCCCCCCCCCCCCCCC(=O)NC(CO)C(O)CCCCCCCCCCC. The number of hydrogen-bond acceptors (Lipinski definition) is 5. The number of unbranched alkanes of at least 4 members (excludes halogenated alkanes) is 44. The smallest absolute Gasteiger partial charge is 0.305 e. The fraction of sp³-hybridized carbons (Fsp3) is 0.857. The first-order valence-corrected chi connectivity index (χ1v) is 33.9. The molecule has 0 saturated carbocycles. The zero-order chi connectivity index (χ0) is 55.0. The maximum absolute atomic E-state index is 12.4. The van der Waals surface area contributed by atoms with Crippen molar-refractivity contribution in [1.82, 2.24) is 5.32 Å². The Morgan fingerprint density at radius 3 is 1.05 bits per heavy atom. The number of aliphatic hydroxyl groups excluding tert-OH is 2. The molecule has 0 aliphatic rings. The van der Waals surface area contributed by atoms with Crippen molar-refractivity contribution in [1.29, 1.82) is 0 Å². The van der Waals surface area contributed by atoms with Gasteiger partial charge in [-0.15, -0.1) is 0 Å². The van der Waals surface area contributed by atoms with E-state index in [1.54, 1.807) is 0 Å². The number of nitrogens with one attached hydrogen (secondary N) is 1. The lowest BCUT2D eigenvalue weighted by atomic mass is 10.0. The Balaban J connectivity index is 3.34. The minimum Gasteiger partial charge on any atom is -0.466 e. The van der Waals surface area contributed by atoms with Gasteiger partial charge in [-0.1, -0.05) is 313 Å². The third-order valence-electron chi connectivity index (χ3n) is 15.6. The minimum atomic E-state index is -0.660. The van der Waals surface area contributed by atoms with Crippen molar-refractivity contribution in [3.63, 3.8) is 0 Å². The molecule has 446 valence electrons. The second-order valence-electron chi connectivity index (χ2n) is 23.1. The van der Waals surface area contributed by atoms with Crippen LogP contribution >= 0.6 is 0 Å². The van der Waals surface area contributed by atoms with Gasteiger partial charge in [-0.05, 0) is 83.5 Å². The van der Waals surface area contributed by atoms with E-state index in [1.807, 2.05) is 0 Å². The highest BCUT2D eigenvalue weighted by Gasteiger charge is 2.20. The molecule has 0 spiro atoms. The van der Waals surface area contributed by atoms with Gasteiger partial charge in [0.2, 0.25) is 5.91 Å². The Kier molecular flexibility index (Phi) is 63.5. The van der Waals surface area contributed by atoms with Gasteiger partial charge in [0.1, 0.15) is 0 Å². The Bertz CT molecular complexity index is 1270. The molecule has 0 fully saturated rings. The summed E-state index contributed by atoms with van der Waals surface area (Å²) in [6.45, 7) is 4.88. The van der Waals surface area contributed by atoms with Crippen LogP contribution in [0.25, 0.3) is 0 Å². The fourth-order valence-corrected chi connectivity index (χ4v) is 10.4. The Hall–Kier alpha value is -2.18. The molecule has 0 saturated heterocycles. The van der Waals surface area contributed by atoms with Crippen LogP contribution in [0.4, 0.5) is 0 Å². The molecule has 0 aromatic rings. The number of rotatable bonds is 63. The van der Waals surface area contributed by atoms with Crippen molar-refractivity contribution < 1.29 is 24.5 Å². The Morgan fingerprint density at radius 2 is 0.684 bits per heavy atom. The molecule has 2 atom stereocenters. The van der Waals surface area contributed by atoms with Gasteiger partial charge in [0.05, 0.1) is 25.4 Å². The topological polar surface area (TPSA) is 95.9 Å². The second kappa shape index (κ2) is 65.3. The third-order valence-corrected chi connectivity index (χ3v) is 15.6. The summed E-state index contributed by atoms with van der Waals surface area (Å²) in [4.78, 5) is 24.5. The van der Waals surface area contributed by atoms with Crippen LogP contribution in [0.3, 0.4) is 0 Å². The summed E-state index contributed by atoms with van der Waals surface area (Å²) in [6.07, 6.45) is 84.6. The molecule has 6 heteroatoms. The lowest BCUT2D eigenvalue weighted by molar-refractivity contribution is -0.143. The fourth-order valence-electron chi connectivity index (χ4n) is 10.4. The summed E-state index contributed by atoms with van der Waals surface area (Å²) in [5.74, 6) is -0.0307. The van der Waals surface area contributed by atoms with Gasteiger partial charge in [-0.2, -0.15) is 0 Å². The van der Waals surface area contributed by atoms with Crippen LogP contribution in [-0.4, -0.2) is 47.4 Å².